The van der Waals surface area contributed by atoms with Crippen molar-refractivity contribution in [3.8, 4) is 11.1 Å². The minimum Gasteiger partial charge on any atom is -0.383 e. The summed E-state index contributed by atoms with van der Waals surface area (Å²) in [6.45, 7) is 6.20. The minimum absolute atomic E-state index is 0.377. The molecule has 140 valence electrons. The number of benzene rings is 1. The summed E-state index contributed by atoms with van der Waals surface area (Å²) in [5.41, 5.74) is 2.03. The fraction of sp³-hybridized carbons (Fsp3) is 0.318. The molecule has 0 spiro atoms. The van der Waals surface area contributed by atoms with E-state index in [2.05, 4.69) is 35.7 Å². The van der Waals surface area contributed by atoms with Gasteiger partial charge in [-0.05, 0) is 41.2 Å². The number of hydrogen-bond acceptors (Lipinski definition) is 4. The van der Waals surface area contributed by atoms with Gasteiger partial charge >= 0.3 is 0 Å². The molecule has 0 saturated heterocycles. The van der Waals surface area contributed by atoms with E-state index in [1.54, 1.807) is 18.6 Å². The average Bonchev–Trinajstić information content (AvgIpc) is 2.69. The molecular weight excluding hydrogens is 358 g/mol. The van der Waals surface area contributed by atoms with Crippen molar-refractivity contribution in [1.29, 1.82) is 0 Å². The molecule has 3 aromatic rings. The van der Waals surface area contributed by atoms with Crippen molar-refractivity contribution in [3.05, 3.63) is 77.6 Å². The number of pyridine rings is 1. The minimum atomic E-state index is -1.13. The predicted octanol–water partition coefficient (Wildman–Crippen LogP) is 5.06. The molecule has 0 aliphatic heterocycles. The number of halogens is 1. The maximum atomic E-state index is 11.7. The molecule has 0 saturated carbocycles. The van der Waals surface area contributed by atoms with E-state index in [0.29, 0.717) is 17.1 Å². The molecule has 4 nitrogen and oxygen atoms in total. The summed E-state index contributed by atoms with van der Waals surface area (Å²) in [5, 5.41) is 12.4. The zero-order valence-corrected chi connectivity index (χ0v) is 16.6. The normalized spacial score (nSPS) is 14.0. The number of hydrogen-bond donors (Lipinski definition) is 1. The summed E-state index contributed by atoms with van der Waals surface area (Å²) in [5.74, 6) is 0. The topological polar surface area (TPSA) is 58.9 Å². The summed E-state index contributed by atoms with van der Waals surface area (Å²) in [4.78, 5) is 12.8. The molecule has 3 rings (SSSR count). The first-order valence-electron chi connectivity index (χ1n) is 9.04. The Morgan fingerprint density at radius 2 is 1.56 bits per heavy atom. The van der Waals surface area contributed by atoms with Crippen LogP contribution in [0.5, 0.6) is 0 Å². The second-order valence-electron chi connectivity index (χ2n) is 7.46. The second-order valence-corrected chi connectivity index (χ2v) is 7.90. The molecular formula is C22H24ClN3O. The molecule has 5 heteroatoms. The van der Waals surface area contributed by atoms with Gasteiger partial charge < -0.3 is 5.11 Å². The summed E-state index contributed by atoms with van der Waals surface area (Å²) < 4.78 is 0. The quantitative estimate of drug-likeness (QED) is 0.648. The van der Waals surface area contributed by atoms with Crippen molar-refractivity contribution in [2.24, 2.45) is 5.41 Å². The molecule has 1 aromatic carbocycles. The van der Waals surface area contributed by atoms with Crippen molar-refractivity contribution < 1.29 is 5.11 Å². The standard InChI is InChI=1S/C22H24ClN3O/c1-4-21(2,3)22(27,11-16-12-24-15-25-13-16)20-10-7-18(14-26-20)17-5-8-19(23)9-6-17/h5-10,12-15,27H,4,11H2,1-3H3. The van der Waals surface area contributed by atoms with E-state index in [9.17, 15) is 5.11 Å². The third-order valence-corrected chi connectivity index (χ3v) is 5.69. The molecule has 0 bridgehead atoms. The van der Waals surface area contributed by atoms with Crippen LogP contribution in [0.15, 0.2) is 61.3 Å². The van der Waals surface area contributed by atoms with Gasteiger partial charge in [0.2, 0.25) is 0 Å². The van der Waals surface area contributed by atoms with Crippen LogP contribution in [0, 0.1) is 5.41 Å². The molecule has 2 heterocycles. The zero-order valence-electron chi connectivity index (χ0n) is 15.9. The first-order valence-corrected chi connectivity index (χ1v) is 9.42. The lowest BCUT2D eigenvalue weighted by Crippen LogP contribution is -2.44. The average molecular weight is 382 g/mol. The maximum Gasteiger partial charge on any atom is 0.116 e. The van der Waals surface area contributed by atoms with Crippen LogP contribution >= 0.6 is 11.6 Å². The molecule has 0 aliphatic rings. The van der Waals surface area contributed by atoms with Crippen LogP contribution in [-0.2, 0) is 12.0 Å². The lowest BCUT2D eigenvalue weighted by Gasteiger charge is -2.42. The van der Waals surface area contributed by atoms with Gasteiger partial charge in [-0.15, -0.1) is 0 Å². The first-order chi connectivity index (χ1) is 12.9. The summed E-state index contributed by atoms with van der Waals surface area (Å²) in [7, 11) is 0. The van der Waals surface area contributed by atoms with Gasteiger partial charge in [0.25, 0.3) is 0 Å². The number of aliphatic hydroxyl groups is 1. The molecule has 1 unspecified atom stereocenters. The summed E-state index contributed by atoms with van der Waals surface area (Å²) >= 11 is 5.97. The highest BCUT2D eigenvalue weighted by molar-refractivity contribution is 6.30. The molecule has 27 heavy (non-hydrogen) atoms. The highest BCUT2D eigenvalue weighted by atomic mass is 35.5. The Kier molecular flexibility index (Phi) is 5.59. The van der Waals surface area contributed by atoms with Crippen LogP contribution in [-0.4, -0.2) is 20.1 Å². The van der Waals surface area contributed by atoms with Crippen LogP contribution in [0.1, 0.15) is 38.4 Å². The molecule has 1 N–H and O–H groups in total. The van der Waals surface area contributed by atoms with Gasteiger partial charge in [-0.3, -0.25) is 4.98 Å². The zero-order chi connectivity index (χ0) is 19.5. The van der Waals surface area contributed by atoms with Crippen molar-refractivity contribution in [2.45, 2.75) is 39.2 Å². The van der Waals surface area contributed by atoms with Gasteiger partial charge in [-0.25, -0.2) is 9.97 Å². The molecule has 0 fully saturated rings. The number of nitrogens with zero attached hydrogens (tertiary/aromatic N) is 3. The largest absolute Gasteiger partial charge is 0.383 e. The molecule has 0 radical (unpaired) electrons. The van der Waals surface area contributed by atoms with Crippen LogP contribution in [0.2, 0.25) is 5.02 Å². The molecule has 1 atom stereocenters. The Hall–Kier alpha value is -2.30. The lowest BCUT2D eigenvalue weighted by molar-refractivity contribution is -0.0791. The second kappa shape index (κ2) is 7.75. The van der Waals surface area contributed by atoms with Gasteiger partial charge in [0.1, 0.15) is 11.9 Å². The molecule has 0 amide bonds. The van der Waals surface area contributed by atoms with Crippen LogP contribution in [0.4, 0.5) is 0 Å². The van der Waals surface area contributed by atoms with Gasteiger partial charge in [0, 0.05) is 35.6 Å². The lowest BCUT2D eigenvalue weighted by atomic mass is 9.68. The van der Waals surface area contributed by atoms with E-state index in [0.717, 1.165) is 23.1 Å². The number of aromatic nitrogens is 3. The van der Waals surface area contributed by atoms with Crippen molar-refractivity contribution >= 4 is 11.6 Å². The Morgan fingerprint density at radius 1 is 0.926 bits per heavy atom. The van der Waals surface area contributed by atoms with E-state index in [-0.39, 0.29) is 5.41 Å². The number of rotatable bonds is 6. The Morgan fingerprint density at radius 3 is 2.11 bits per heavy atom. The Labute approximate surface area is 165 Å². The highest BCUT2D eigenvalue weighted by Gasteiger charge is 2.45. The van der Waals surface area contributed by atoms with Crippen molar-refractivity contribution in [1.82, 2.24) is 15.0 Å². The third kappa shape index (κ3) is 4.02. The maximum absolute atomic E-state index is 11.7. The first kappa shape index (κ1) is 19.5. The van der Waals surface area contributed by atoms with Gasteiger partial charge in [0.05, 0.1) is 5.69 Å². The van der Waals surface area contributed by atoms with Crippen LogP contribution in [0.3, 0.4) is 0 Å². The predicted molar refractivity (Wildman–Crippen MR) is 108 cm³/mol. The van der Waals surface area contributed by atoms with E-state index in [1.807, 2.05) is 36.4 Å². The monoisotopic (exact) mass is 381 g/mol. The Balaban J connectivity index is 1.98. The van der Waals surface area contributed by atoms with Crippen LogP contribution in [0.25, 0.3) is 11.1 Å². The SMILES string of the molecule is CCC(C)(C)C(O)(Cc1cncnc1)c1ccc(-c2ccc(Cl)cc2)cn1. The van der Waals surface area contributed by atoms with Gasteiger partial charge in [-0.1, -0.05) is 50.6 Å². The van der Waals surface area contributed by atoms with Crippen LogP contribution < -0.4 is 0 Å². The van der Waals surface area contributed by atoms with E-state index < -0.39 is 5.60 Å². The summed E-state index contributed by atoms with van der Waals surface area (Å²) in [6, 6.07) is 11.5. The Bertz CT molecular complexity index is 880. The van der Waals surface area contributed by atoms with E-state index in [1.165, 1.54) is 6.33 Å². The van der Waals surface area contributed by atoms with E-state index >= 15 is 0 Å². The van der Waals surface area contributed by atoms with Gasteiger partial charge in [0.15, 0.2) is 0 Å². The molecule has 2 aromatic heterocycles. The van der Waals surface area contributed by atoms with E-state index in [4.69, 9.17) is 11.6 Å². The fourth-order valence-corrected chi connectivity index (χ4v) is 3.26. The summed E-state index contributed by atoms with van der Waals surface area (Å²) in [6.07, 6.45) is 7.99. The molecule has 0 aliphatic carbocycles. The van der Waals surface area contributed by atoms with Crippen molar-refractivity contribution in [3.63, 3.8) is 0 Å². The smallest absolute Gasteiger partial charge is 0.116 e. The third-order valence-electron chi connectivity index (χ3n) is 5.44. The van der Waals surface area contributed by atoms with Gasteiger partial charge in [-0.2, -0.15) is 0 Å². The highest BCUT2D eigenvalue weighted by Crippen LogP contribution is 2.44. The fourth-order valence-electron chi connectivity index (χ4n) is 3.14. The van der Waals surface area contributed by atoms with Crippen molar-refractivity contribution in [2.75, 3.05) is 0 Å².